The Morgan fingerprint density at radius 1 is 1.42 bits per heavy atom. The van der Waals surface area contributed by atoms with Gasteiger partial charge >= 0.3 is 0 Å². The highest BCUT2D eigenvalue weighted by Crippen LogP contribution is 2.44. The van der Waals surface area contributed by atoms with Gasteiger partial charge in [-0.05, 0) is 24.6 Å². The summed E-state index contributed by atoms with van der Waals surface area (Å²) in [6.07, 6.45) is 3.56. The summed E-state index contributed by atoms with van der Waals surface area (Å²) in [6, 6.07) is 5.48. The van der Waals surface area contributed by atoms with Gasteiger partial charge in [0.15, 0.2) is 0 Å². The average molecular weight is 284 g/mol. The van der Waals surface area contributed by atoms with Gasteiger partial charge in [0.2, 0.25) is 5.91 Å². The van der Waals surface area contributed by atoms with Gasteiger partial charge in [-0.3, -0.25) is 4.79 Å². The van der Waals surface area contributed by atoms with Crippen LogP contribution in [0.5, 0.6) is 5.75 Å². The third kappa shape index (κ3) is 2.86. The minimum atomic E-state index is -0.384. The van der Waals surface area contributed by atoms with Gasteiger partial charge in [0.1, 0.15) is 11.9 Å². The molecule has 1 aromatic carbocycles. The molecule has 1 amide bonds. The Hall–Kier alpha value is -1.22. The minimum Gasteiger partial charge on any atom is -0.489 e. The molecule has 0 spiro atoms. The van der Waals surface area contributed by atoms with Crippen molar-refractivity contribution < 1.29 is 9.53 Å². The molecule has 4 heteroatoms. The Labute approximate surface area is 120 Å². The summed E-state index contributed by atoms with van der Waals surface area (Å²) in [5.41, 5.74) is 6.93. The maximum Gasteiger partial charge on any atom is 0.248 e. The number of carbonyl (C=O) groups is 1. The van der Waals surface area contributed by atoms with E-state index in [1.54, 1.807) is 6.07 Å². The second-order valence-corrected chi connectivity index (χ2v) is 5.55. The number of hydrogen-bond acceptors (Lipinski definition) is 2. The lowest BCUT2D eigenvalue weighted by molar-refractivity contribution is 0.1000. The number of amides is 1. The Morgan fingerprint density at radius 2 is 2.11 bits per heavy atom. The maximum atomic E-state index is 11.2. The molecule has 0 saturated carbocycles. The number of fused-ring (bicyclic) bond motifs is 1. The van der Waals surface area contributed by atoms with Crippen molar-refractivity contribution in [1.82, 2.24) is 0 Å². The van der Waals surface area contributed by atoms with Crippen LogP contribution in [0.2, 0.25) is 0 Å². The number of ether oxygens (including phenoxy) is 1. The molecule has 1 aliphatic rings. The molecular weight excluding hydrogens is 262 g/mol. The number of primary amides is 1. The number of benzene rings is 1. The van der Waals surface area contributed by atoms with E-state index in [-0.39, 0.29) is 29.8 Å². The summed E-state index contributed by atoms with van der Waals surface area (Å²) in [5, 5.41) is 0. The number of carbonyl (C=O) groups excluding carboxylic acids is 1. The van der Waals surface area contributed by atoms with Crippen molar-refractivity contribution in [3.8, 4) is 5.75 Å². The van der Waals surface area contributed by atoms with Gasteiger partial charge in [0, 0.05) is 16.5 Å². The molecule has 0 saturated heterocycles. The van der Waals surface area contributed by atoms with Crippen LogP contribution in [0.1, 0.15) is 56.0 Å². The number of rotatable bonds is 4. The number of unbranched alkanes of at least 4 members (excludes halogenated alkanes) is 1. The van der Waals surface area contributed by atoms with E-state index < -0.39 is 0 Å². The quantitative estimate of drug-likeness (QED) is 0.920. The molecule has 106 valence electrons. The molecule has 19 heavy (non-hydrogen) atoms. The van der Waals surface area contributed by atoms with Crippen molar-refractivity contribution in [2.24, 2.45) is 5.73 Å². The molecule has 2 rings (SSSR count). The summed E-state index contributed by atoms with van der Waals surface area (Å²) in [5.74, 6) is 0.511. The number of nitrogens with two attached hydrogens (primary N) is 1. The first-order valence-corrected chi connectivity index (χ1v) is 6.57. The smallest absolute Gasteiger partial charge is 0.248 e. The second-order valence-electron chi connectivity index (χ2n) is 5.55. The molecule has 2 N–H and O–H groups in total. The first-order valence-electron chi connectivity index (χ1n) is 6.57. The number of hydrogen-bond donors (Lipinski definition) is 1. The van der Waals surface area contributed by atoms with Crippen LogP contribution >= 0.6 is 12.4 Å². The van der Waals surface area contributed by atoms with Crippen molar-refractivity contribution in [2.75, 3.05) is 0 Å². The van der Waals surface area contributed by atoms with Gasteiger partial charge in [-0.15, -0.1) is 12.4 Å². The van der Waals surface area contributed by atoms with Crippen LogP contribution in [0, 0.1) is 0 Å². The van der Waals surface area contributed by atoms with Crippen molar-refractivity contribution in [2.45, 2.75) is 51.6 Å². The van der Waals surface area contributed by atoms with Crippen LogP contribution in [-0.4, -0.2) is 12.0 Å². The Kier molecular flexibility index (Phi) is 4.86. The van der Waals surface area contributed by atoms with Crippen LogP contribution in [0.4, 0.5) is 0 Å². The molecule has 0 fully saturated rings. The van der Waals surface area contributed by atoms with Crippen LogP contribution in [0.3, 0.4) is 0 Å². The monoisotopic (exact) mass is 283 g/mol. The second kappa shape index (κ2) is 5.83. The molecule has 1 unspecified atom stereocenters. The van der Waals surface area contributed by atoms with E-state index in [9.17, 15) is 4.79 Å². The van der Waals surface area contributed by atoms with Crippen molar-refractivity contribution in [1.29, 1.82) is 0 Å². The van der Waals surface area contributed by atoms with E-state index in [4.69, 9.17) is 10.5 Å². The SMILES string of the molecule is CCCCC1Oc2ccc(C(N)=O)cc2C1(C)C.Cl. The first-order chi connectivity index (χ1) is 8.46. The third-order valence-electron chi connectivity index (χ3n) is 3.85. The summed E-state index contributed by atoms with van der Waals surface area (Å²) in [4.78, 5) is 11.2. The molecule has 1 aliphatic heterocycles. The zero-order valence-electron chi connectivity index (χ0n) is 11.7. The third-order valence-corrected chi connectivity index (χ3v) is 3.85. The lowest BCUT2D eigenvalue weighted by Gasteiger charge is -2.25. The lowest BCUT2D eigenvalue weighted by atomic mass is 9.79. The van der Waals surface area contributed by atoms with Crippen molar-refractivity contribution in [3.63, 3.8) is 0 Å². The topological polar surface area (TPSA) is 52.3 Å². The van der Waals surface area contributed by atoms with Gasteiger partial charge in [0.05, 0.1) is 0 Å². The highest BCUT2D eigenvalue weighted by atomic mass is 35.5. The van der Waals surface area contributed by atoms with E-state index in [0.29, 0.717) is 5.56 Å². The molecule has 0 radical (unpaired) electrons. The Bertz CT molecular complexity index is 471. The van der Waals surface area contributed by atoms with Crippen molar-refractivity contribution in [3.05, 3.63) is 29.3 Å². The molecule has 1 heterocycles. The number of halogens is 1. The van der Waals surface area contributed by atoms with Gasteiger partial charge in [-0.25, -0.2) is 0 Å². The summed E-state index contributed by atoms with van der Waals surface area (Å²) >= 11 is 0. The van der Waals surface area contributed by atoms with Gasteiger partial charge < -0.3 is 10.5 Å². The Morgan fingerprint density at radius 3 is 2.68 bits per heavy atom. The van der Waals surface area contributed by atoms with Crippen LogP contribution in [0.25, 0.3) is 0 Å². The predicted molar refractivity (Wildman–Crippen MR) is 79.2 cm³/mol. The highest BCUT2D eigenvalue weighted by Gasteiger charge is 2.41. The molecule has 0 aromatic heterocycles. The molecular formula is C15H22ClNO2. The van der Waals surface area contributed by atoms with Crippen LogP contribution in [0.15, 0.2) is 18.2 Å². The van der Waals surface area contributed by atoms with Gasteiger partial charge in [-0.2, -0.15) is 0 Å². The van der Waals surface area contributed by atoms with E-state index in [0.717, 1.165) is 24.2 Å². The average Bonchev–Trinajstić information content (AvgIpc) is 2.58. The normalized spacial score (nSPS) is 19.2. The van der Waals surface area contributed by atoms with Crippen LogP contribution < -0.4 is 10.5 Å². The van der Waals surface area contributed by atoms with E-state index in [1.807, 2.05) is 12.1 Å². The summed E-state index contributed by atoms with van der Waals surface area (Å²) in [7, 11) is 0. The van der Waals surface area contributed by atoms with E-state index >= 15 is 0 Å². The molecule has 0 bridgehead atoms. The molecule has 0 aliphatic carbocycles. The van der Waals surface area contributed by atoms with Crippen LogP contribution in [-0.2, 0) is 5.41 Å². The largest absolute Gasteiger partial charge is 0.489 e. The fourth-order valence-electron chi connectivity index (χ4n) is 2.57. The Balaban J connectivity index is 0.00000180. The minimum absolute atomic E-state index is 0. The molecule has 1 atom stereocenters. The zero-order chi connectivity index (χ0) is 13.3. The lowest BCUT2D eigenvalue weighted by Crippen LogP contribution is -2.32. The van der Waals surface area contributed by atoms with Gasteiger partial charge in [-0.1, -0.05) is 33.6 Å². The van der Waals surface area contributed by atoms with Crippen molar-refractivity contribution >= 4 is 18.3 Å². The molecule has 3 nitrogen and oxygen atoms in total. The first kappa shape index (κ1) is 15.8. The standard InChI is InChI=1S/C15H21NO2.ClH/c1-4-5-6-13-15(2,3)11-9-10(14(16)17)7-8-12(11)18-13;/h7-9,13H,4-6H2,1-3H3,(H2,16,17);1H. The van der Waals surface area contributed by atoms with Gasteiger partial charge in [0.25, 0.3) is 0 Å². The zero-order valence-corrected chi connectivity index (χ0v) is 12.5. The summed E-state index contributed by atoms with van der Waals surface area (Å²) in [6.45, 7) is 6.52. The summed E-state index contributed by atoms with van der Waals surface area (Å²) < 4.78 is 6.01. The predicted octanol–water partition coefficient (Wildman–Crippen LogP) is 3.44. The fourth-order valence-corrected chi connectivity index (χ4v) is 2.57. The fraction of sp³-hybridized carbons (Fsp3) is 0.533. The van der Waals surface area contributed by atoms with E-state index in [1.165, 1.54) is 6.42 Å². The highest BCUT2D eigenvalue weighted by molar-refractivity contribution is 5.93. The molecule has 1 aromatic rings. The van der Waals surface area contributed by atoms with E-state index in [2.05, 4.69) is 20.8 Å². The maximum absolute atomic E-state index is 11.2.